The number of benzene rings is 1. The third-order valence-electron chi connectivity index (χ3n) is 4.63. The lowest BCUT2D eigenvalue weighted by atomic mass is 10.1. The highest BCUT2D eigenvalue weighted by atomic mass is 127. The molecular weight excluding hydrogens is 519 g/mol. The number of hydrogen-bond donors (Lipinski definition) is 2. The van der Waals surface area contributed by atoms with Crippen molar-refractivity contribution in [2.75, 3.05) is 19.9 Å². The smallest absolute Gasteiger partial charge is 0.191 e. The van der Waals surface area contributed by atoms with Gasteiger partial charge in [-0.3, -0.25) is 0 Å². The summed E-state index contributed by atoms with van der Waals surface area (Å²) in [4.78, 5) is 9.45. The first-order valence-electron chi connectivity index (χ1n) is 9.64. The van der Waals surface area contributed by atoms with Crippen molar-refractivity contribution in [3.8, 4) is 0 Å². The molecule has 1 aliphatic rings. The van der Waals surface area contributed by atoms with E-state index in [1.165, 1.54) is 6.26 Å². The molecule has 0 saturated heterocycles. The second-order valence-corrected chi connectivity index (χ2v) is 9.07. The Morgan fingerprint density at radius 1 is 1.33 bits per heavy atom. The van der Waals surface area contributed by atoms with E-state index >= 15 is 0 Å². The molecule has 166 valence electrons. The molecule has 9 nitrogen and oxygen atoms in total. The maximum Gasteiger partial charge on any atom is 0.191 e. The summed E-state index contributed by atoms with van der Waals surface area (Å²) in [5.41, 5.74) is 0.945. The summed E-state index contributed by atoms with van der Waals surface area (Å²) in [7, 11) is -1.55. The fourth-order valence-electron chi connectivity index (χ4n) is 3.19. The van der Waals surface area contributed by atoms with Gasteiger partial charge in [0, 0.05) is 32.4 Å². The molecule has 2 aromatic rings. The van der Waals surface area contributed by atoms with Crippen LogP contribution < -0.4 is 10.6 Å². The Morgan fingerprint density at radius 3 is 2.70 bits per heavy atom. The van der Waals surface area contributed by atoms with Crippen LogP contribution in [0.1, 0.15) is 30.6 Å². The highest BCUT2D eigenvalue weighted by Gasteiger charge is 2.22. The van der Waals surface area contributed by atoms with E-state index in [2.05, 4.69) is 25.7 Å². The number of fused-ring (bicyclic) bond motifs is 1. The van der Waals surface area contributed by atoms with E-state index in [9.17, 15) is 8.42 Å². The normalized spacial score (nSPS) is 16.5. The molecule has 1 unspecified atom stereocenters. The summed E-state index contributed by atoms with van der Waals surface area (Å²) in [6.07, 6.45) is 3.00. The number of aliphatic imine (C=N–C) groups is 1. The van der Waals surface area contributed by atoms with Crippen molar-refractivity contribution in [1.29, 1.82) is 0 Å². The minimum Gasteiger partial charge on any atom is -0.377 e. The summed E-state index contributed by atoms with van der Waals surface area (Å²) in [6.45, 7) is 4.36. The van der Waals surface area contributed by atoms with Crippen molar-refractivity contribution in [2.24, 2.45) is 4.99 Å². The van der Waals surface area contributed by atoms with E-state index in [-0.39, 0.29) is 30.0 Å². The van der Waals surface area contributed by atoms with Crippen molar-refractivity contribution in [3.63, 3.8) is 0 Å². The standard InChI is InChI=1S/C19H28N6O3S.HI/c1-4-20-19(21-11-14-5-8-16(9-6-14)29(3,26)27)22-15-7-10-18-23-17(13-28-2)24-25(18)12-15;/h5-6,8-9,15H,4,7,10-13H2,1-3H3,(H2,20,21,22);1H. The lowest BCUT2D eigenvalue weighted by molar-refractivity contribution is 0.177. The monoisotopic (exact) mass is 548 g/mol. The Balaban J connectivity index is 0.00000320. The summed E-state index contributed by atoms with van der Waals surface area (Å²) in [5.74, 6) is 2.43. The number of nitrogens with one attached hydrogen (secondary N) is 2. The average Bonchev–Trinajstić information content (AvgIpc) is 3.08. The molecule has 1 atom stereocenters. The lowest BCUT2D eigenvalue weighted by Crippen LogP contribution is -2.47. The van der Waals surface area contributed by atoms with E-state index in [0.717, 1.165) is 43.3 Å². The van der Waals surface area contributed by atoms with Gasteiger partial charge in [-0.25, -0.2) is 23.1 Å². The molecule has 0 fully saturated rings. The number of methoxy groups -OCH3 is 1. The predicted octanol–water partition coefficient (Wildman–Crippen LogP) is 1.52. The van der Waals surface area contributed by atoms with Crippen molar-refractivity contribution in [1.82, 2.24) is 25.4 Å². The molecule has 2 N–H and O–H groups in total. The van der Waals surface area contributed by atoms with Crippen LogP contribution in [0.4, 0.5) is 0 Å². The average molecular weight is 548 g/mol. The van der Waals surface area contributed by atoms with Gasteiger partial charge in [-0.1, -0.05) is 12.1 Å². The van der Waals surface area contributed by atoms with E-state index in [1.807, 2.05) is 11.6 Å². The Kier molecular flexibility index (Phi) is 9.04. The van der Waals surface area contributed by atoms with Crippen molar-refractivity contribution in [3.05, 3.63) is 41.5 Å². The second-order valence-electron chi connectivity index (χ2n) is 7.05. The quantitative estimate of drug-likeness (QED) is 0.307. The molecule has 1 aromatic carbocycles. The third-order valence-corrected chi connectivity index (χ3v) is 5.76. The van der Waals surface area contributed by atoms with E-state index in [0.29, 0.717) is 23.9 Å². The third kappa shape index (κ3) is 6.64. The molecule has 0 saturated carbocycles. The molecule has 0 amide bonds. The van der Waals surface area contributed by atoms with Gasteiger partial charge in [0.25, 0.3) is 0 Å². The molecule has 0 aliphatic carbocycles. The van der Waals surface area contributed by atoms with Crippen molar-refractivity contribution < 1.29 is 13.2 Å². The van der Waals surface area contributed by atoms with Crippen LogP contribution in [-0.4, -0.2) is 55.1 Å². The number of aryl methyl sites for hydroxylation is 1. The van der Waals surface area contributed by atoms with Gasteiger partial charge in [0.2, 0.25) is 0 Å². The minimum atomic E-state index is -3.19. The number of rotatable bonds is 7. The lowest BCUT2D eigenvalue weighted by Gasteiger charge is -2.25. The van der Waals surface area contributed by atoms with Gasteiger partial charge >= 0.3 is 0 Å². The Morgan fingerprint density at radius 2 is 2.07 bits per heavy atom. The second kappa shape index (κ2) is 11.0. The zero-order chi connectivity index (χ0) is 20.9. The molecule has 3 rings (SSSR count). The zero-order valence-electron chi connectivity index (χ0n) is 17.5. The van der Waals surface area contributed by atoms with E-state index in [4.69, 9.17) is 4.74 Å². The Labute approximate surface area is 194 Å². The summed E-state index contributed by atoms with van der Waals surface area (Å²) in [5, 5.41) is 11.2. The summed E-state index contributed by atoms with van der Waals surface area (Å²) in [6, 6.07) is 7.02. The number of aromatic nitrogens is 3. The van der Waals surface area contributed by atoms with Crippen molar-refractivity contribution in [2.45, 2.75) is 50.4 Å². The summed E-state index contributed by atoms with van der Waals surface area (Å²) < 4.78 is 30.2. The van der Waals surface area contributed by atoms with Gasteiger partial charge in [0.05, 0.1) is 18.0 Å². The molecule has 1 aliphatic heterocycles. The molecule has 1 aromatic heterocycles. The van der Waals surface area contributed by atoms with E-state index < -0.39 is 9.84 Å². The highest BCUT2D eigenvalue weighted by molar-refractivity contribution is 14.0. The van der Waals surface area contributed by atoms with Crippen LogP contribution in [0.15, 0.2) is 34.2 Å². The number of nitrogens with zero attached hydrogens (tertiary/aromatic N) is 4. The van der Waals surface area contributed by atoms with Crippen LogP contribution in [0.5, 0.6) is 0 Å². The van der Waals surface area contributed by atoms with Gasteiger partial charge in [0.1, 0.15) is 12.4 Å². The number of hydrogen-bond acceptors (Lipinski definition) is 6. The van der Waals surface area contributed by atoms with Crippen LogP contribution >= 0.6 is 24.0 Å². The molecule has 11 heteroatoms. The van der Waals surface area contributed by atoms with Gasteiger partial charge in [-0.05, 0) is 31.0 Å². The van der Waals surface area contributed by atoms with Crippen LogP contribution in [-0.2, 0) is 40.7 Å². The van der Waals surface area contributed by atoms with Gasteiger partial charge in [-0.2, -0.15) is 5.10 Å². The maximum atomic E-state index is 11.6. The SMILES string of the molecule is CCNC(=NCc1ccc(S(C)(=O)=O)cc1)NC1CCc2nc(COC)nn2C1.I. The number of sulfone groups is 1. The van der Waals surface area contributed by atoms with Crippen LogP contribution in [0.25, 0.3) is 0 Å². The van der Waals surface area contributed by atoms with Crippen LogP contribution in [0.2, 0.25) is 0 Å². The molecule has 2 heterocycles. The molecule has 30 heavy (non-hydrogen) atoms. The van der Waals surface area contributed by atoms with Gasteiger partial charge < -0.3 is 15.4 Å². The number of halogens is 1. The largest absolute Gasteiger partial charge is 0.377 e. The van der Waals surface area contributed by atoms with Crippen LogP contribution in [0.3, 0.4) is 0 Å². The molecule has 0 spiro atoms. The first-order valence-corrected chi connectivity index (χ1v) is 11.5. The highest BCUT2D eigenvalue weighted by Crippen LogP contribution is 2.14. The topological polar surface area (TPSA) is 110 Å². The molecule has 0 bridgehead atoms. The maximum absolute atomic E-state index is 11.6. The Hall–Kier alpha value is -1.73. The van der Waals surface area contributed by atoms with E-state index in [1.54, 1.807) is 31.4 Å². The first-order chi connectivity index (χ1) is 13.9. The minimum absolute atomic E-state index is 0. The zero-order valence-corrected chi connectivity index (χ0v) is 20.6. The van der Waals surface area contributed by atoms with Gasteiger partial charge in [0.15, 0.2) is 21.6 Å². The first kappa shape index (κ1) is 24.5. The summed E-state index contributed by atoms with van der Waals surface area (Å²) >= 11 is 0. The fourth-order valence-corrected chi connectivity index (χ4v) is 3.82. The fraction of sp³-hybridized carbons (Fsp3) is 0.526. The number of ether oxygens (including phenoxy) is 1. The Bertz CT molecular complexity index is 959. The van der Waals surface area contributed by atoms with Crippen molar-refractivity contribution >= 4 is 39.8 Å². The van der Waals surface area contributed by atoms with Gasteiger partial charge in [-0.15, -0.1) is 24.0 Å². The predicted molar refractivity (Wildman–Crippen MR) is 126 cm³/mol. The molecular formula is C19H29IN6O3S. The van der Waals surface area contributed by atoms with Crippen LogP contribution in [0, 0.1) is 0 Å². The molecule has 0 radical (unpaired) electrons. The number of guanidine groups is 1.